The predicted molar refractivity (Wildman–Crippen MR) is 163 cm³/mol. The van der Waals surface area contributed by atoms with Crippen LogP contribution < -0.4 is 10.1 Å². The van der Waals surface area contributed by atoms with E-state index in [0.29, 0.717) is 22.4 Å². The molecule has 2 heterocycles. The predicted octanol–water partition coefficient (Wildman–Crippen LogP) is 3.95. The van der Waals surface area contributed by atoms with E-state index in [1.807, 2.05) is 0 Å². The lowest BCUT2D eigenvalue weighted by Crippen LogP contribution is -2.70. The van der Waals surface area contributed by atoms with E-state index in [9.17, 15) is 24.0 Å². The number of nitrogens with zero attached hydrogens (tertiary/aromatic N) is 4. The molecule has 1 N–H and O–H groups in total. The number of fused-ring (bicyclic) bond motifs is 1. The summed E-state index contributed by atoms with van der Waals surface area (Å²) in [4.78, 5) is 67.0. The molecular weight excluding hydrogens is 602 g/mol. The first kappa shape index (κ1) is 33.1. The second-order valence-corrected chi connectivity index (χ2v) is 12.5. The molecule has 4 rings (SSSR count). The Morgan fingerprint density at radius 3 is 2.27 bits per heavy atom. The van der Waals surface area contributed by atoms with Gasteiger partial charge >= 0.3 is 17.9 Å². The second kappa shape index (κ2) is 14.3. The van der Waals surface area contributed by atoms with Gasteiger partial charge in [-0.2, -0.15) is 0 Å². The number of azide groups is 1. The molecule has 0 bridgehead atoms. The highest BCUT2D eigenvalue weighted by atomic mass is 32.2. The Labute approximate surface area is 263 Å². The van der Waals surface area contributed by atoms with Crippen molar-refractivity contribution in [1.29, 1.82) is 0 Å². The lowest BCUT2D eigenvalue weighted by molar-refractivity contribution is -0.153. The van der Waals surface area contributed by atoms with Gasteiger partial charge in [0.2, 0.25) is 5.91 Å². The van der Waals surface area contributed by atoms with E-state index in [-0.39, 0.29) is 49.5 Å². The molecule has 1 saturated heterocycles. The van der Waals surface area contributed by atoms with Crippen molar-refractivity contribution in [2.24, 2.45) is 10.5 Å². The Balaban J connectivity index is 1.40. The number of rotatable bonds is 11. The zero-order valence-corrected chi connectivity index (χ0v) is 26.1. The molecule has 13 nitrogen and oxygen atoms in total. The fourth-order valence-corrected chi connectivity index (χ4v) is 5.72. The van der Waals surface area contributed by atoms with Gasteiger partial charge in [0.1, 0.15) is 36.1 Å². The van der Waals surface area contributed by atoms with Crippen molar-refractivity contribution in [3.05, 3.63) is 86.9 Å². The number of carbonyl (C=O) groups is 5. The van der Waals surface area contributed by atoms with Crippen molar-refractivity contribution in [3.8, 4) is 5.75 Å². The van der Waals surface area contributed by atoms with E-state index in [1.54, 1.807) is 69.3 Å². The van der Waals surface area contributed by atoms with Crippen molar-refractivity contribution in [2.45, 2.75) is 58.7 Å². The molecule has 45 heavy (non-hydrogen) atoms. The largest absolute Gasteiger partial charge is 0.461 e. The molecule has 2 aromatic rings. The highest BCUT2D eigenvalue weighted by Crippen LogP contribution is 2.41. The van der Waals surface area contributed by atoms with Crippen LogP contribution in [0.5, 0.6) is 5.75 Å². The fourth-order valence-electron chi connectivity index (χ4n) is 4.39. The quantitative estimate of drug-likeness (QED) is 0.0956. The minimum absolute atomic E-state index is 0.0122. The van der Waals surface area contributed by atoms with Crippen molar-refractivity contribution < 1.29 is 38.2 Å². The van der Waals surface area contributed by atoms with Crippen molar-refractivity contribution in [2.75, 3.05) is 12.4 Å². The van der Waals surface area contributed by atoms with Gasteiger partial charge in [-0.25, -0.2) is 4.79 Å². The van der Waals surface area contributed by atoms with E-state index in [2.05, 4.69) is 15.3 Å². The molecule has 14 heteroatoms. The van der Waals surface area contributed by atoms with Gasteiger partial charge in [0.05, 0.1) is 18.4 Å². The van der Waals surface area contributed by atoms with E-state index < -0.39 is 34.7 Å². The smallest absolute Gasteiger partial charge is 0.355 e. The average molecular weight is 636 g/mol. The van der Waals surface area contributed by atoms with E-state index in [0.717, 1.165) is 5.56 Å². The van der Waals surface area contributed by atoms with Crippen LogP contribution in [0.25, 0.3) is 10.4 Å². The number of β-lactam (4-membered cyclic amide) rings is 1. The van der Waals surface area contributed by atoms with Gasteiger partial charge in [-0.1, -0.05) is 41.5 Å². The molecule has 2 aromatic carbocycles. The Bertz CT molecular complexity index is 1560. The maximum atomic E-state index is 13.3. The Morgan fingerprint density at radius 1 is 1.00 bits per heavy atom. The van der Waals surface area contributed by atoms with Crippen LogP contribution in [0, 0.1) is 5.41 Å². The first-order valence-corrected chi connectivity index (χ1v) is 15.1. The molecule has 0 aromatic heterocycles. The summed E-state index contributed by atoms with van der Waals surface area (Å²) in [6, 6.07) is 12.6. The number of carbonyl (C=O) groups excluding carboxylic acids is 5. The van der Waals surface area contributed by atoms with Gasteiger partial charge in [0.15, 0.2) is 0 Å². The zero-order chi connectivity index (χ0) is 32.7. The summed E-state index contributed by atoms with van der Waals surface area (Å²) >= 11 is 1.34. The molecule has 236 valence electrons. The number of hydrogen-bond donors (Lipinski definition) is 1. The van der Waals surface area contributed by atoms with Crippen LogP contribution in [0.3, 0.4) is 0 Å². The third kappa shape index (κ3) is 8.43. The zero-order valence-electron chi connectivity index (χ0n) is 25.3. The maximum absolute atomic E-state index is 13.3. The third-order valence-electron chi connectivity index (χ3n) is 6.83. The van der Waals surface area contributed by atoms with E-state index in [4.69, 9.17) is 19.7 Å². The minimum atomic E-state index is -0.854. The van der Waals surface area contributed by atoms with E-state index in [1.165, 1.54) is 23.6 Å². The van der Waals surface area contributed by atoms with Crippen LogP contribution in [0.2, 0.25) is 0 Å². The van der Waals surface area contributed by atoms with Crippen LogP contribution in [0.1, 0.15) is 44.4 Å². The normalized spacial score (nSPS) is 17.3. The monoisotopic (exact) mass is 635 g/mol. The molecule has 0 aliphatic carbocycles. The number of amides is 2. The summed E-state index contributed by atoms with van der Waals surface area (Å²) in [5.41, 5.74) is 10.3. The lowest BCUT2D eigenvalue weighted by Gasteiger charge is -2.49. The van der Waals surface area contributed by atoms with Gasteiger partial charge in [0, 0.05) is 23.2 Å². The van der Waals surface area contributed by atoms with Gasteiger partial charge in [-0.05, 0) is 55.1 Å². The summed E-state index contributed by atoms with van der Waals surface area (Å²) in [5, 5.41) is 5.72. The number of nitrogens with one attached hydrogen (secondary N) is 1. The van der Waals surface area contributed by atoms with Crippen molar-refractivity contribution in [3.63, 3.8) is 0 Å². The first-order chi connectivity index (χ1) is 21.4. The number of thioether (sulfide) groups is 1. The minimum Gasteiger partial charge on any atom is -0.461 e. The topological polar surface area (TPSA) is 177 Å². The van der Waals surface area contributed by atoms with Gasteiger partial charge < -0.3 is 19.5 Å². The summed E-state index contributed by atoms with van der Waals surface area (Å²) in [7, 11) is 0. The summed E-state index contributed by atoms with van der Waals surface area (Å²) in [6.45, 7) is 6.37. The third-order valence-corrected chi connectivity index (χ3v) is 8.17. The van der Waals surface area contributed by atoms with Gasteiger partial charge in [0.25, 0.3) is 5.91 Å². The van der Waals surface area contributed by atoms with Crippen LogP contribution in [-0.4, -0.2) is 58.4 Å². The SMILES string of the molecule is CC(=O)OCC1=C(C(=O)OCc2ccc(OC(=O)C(C)(C)C)cc2)N2C(=O)C(NC(=O)Cc3ccc(CN=[N+]=[N-])cc3)C2SC1. The van der Waals surface area contributed by atoms with E-state index >= 15 is 0 Å². The van der Waals surface area contributed by atoms with Gasteiger partial charge in [-0.3, -0.25) is 24.1 Å². The Kier molecular flexibility index (Phi) is 10.5. The number of hydrogen-bond acceptors (Lipinski definition) is 10. The molecule has 0 spiro atoms. The molecule has 2 aliphatic rings. The van der Waals surface area contributed by atoms with Crippen LogP contribution in [0.15, 0.2) is 64.9 Å². The molecular formula is C31H33N5O8S. The van der Waals surface area contributed by atoms with Gasteiger partial charge in [-0.15, -0.1) is 11.8 Å². The lowest BCUT2D eigenvalue weighted by atomic mass is 9.97. The standard InChI is InChI=1S/C31H33N5O8S/c1-18(37)42-16-22-17-45-28-25(34-24(38)13-19-5-7-20(8-6-19)14-33-35-32)27(39)36(28)26(22)29(40)43-15-21-9-11-23(12-10-21)44-30(41)31(2,3)4/h5-12,25,28H,13-17H2,1-4H3,(H,34,38). The fraction of sp³-hybridized carbons (Fsp3) is 0.387. The van der Waals surface area contributed by atoms with Crippen LogP contribution in [-0.2, 0) is 53.0 Å². The van der Waals surface area contributed by atoms with Crippen LogP contribution >= 0.6 is 11.8 Å². The number of ether oxygens (including phenoxy) is 3. The Morgan fingerprint density at radius 2 is 1.64 bits per heavy atom. The van der Waals surface area contributed by atoms with Crippen molar-refractivity contribution >= 4 is 41.5 Å². The Hall–Kier alpha value is -4.81. The van der Waals surface area contributed by atoms with Crippen molar-refractivity contribution in [1.82, 2.24) is 10.2 Å². The summed E-state index contributed by atoms with van der Waals surface area (Å²) in [5.74, 6) is -1.92. The second-order valence-electron chi connectivity index (χ2n) is 11.4. The average Bonchev–Trinajstić information content (AvgIpc) is 3.00. The number of esters is 3. The molecule has 0 radical (unpaired) electrons. The summed E-state index contributed by atoms with van der Waals surface area (Å²) in [6.07, 6.45) is 0.0274. The highest BCUT2D eigenvalue weighted by molar-refractivity contribution is 8.00. The summed E-state index contributed by atoms with van der Waals surface area (Å²) < 4.78 is 16.0. The number of benzene rings is 2. The molecule has 2 atom stereocenters. The molecule has 2 unspecified atom stereocenters. The molecule has 2 amide bonds. The first-order valence-electron chi connectivity index (χ1n) is 14.0. The molecule has 1 fully saturated rings. The molecule has 2 aliphatic heterocycles. The molecule has 0 saturated carbocycles. The van der Waals surface area contributed by atoms with Crippen LogP contribution in [0.4, 0.5) is 0 Å². The maximum Gasteiger partial charge on any atom is 0.355 e. The highest BCUT2D eigenvalue weighted by Gasteiger charge is 2.54.